The van der Waals surface area contributed by atoms with Crippen LogP contribution in [0.5, 0.6) is 0 Å². The summed E-state index contributed by atoms with van der Waals surface area (Å²) in [6, 6.07) is 0. The molecule has 0 bridgehead atoms. The van der Waals surface area contributed by atoms with E-state index in [1.54, 1.807) is 0 Å². The molecule has 3 unspecified atom stereocenters. The Hall–Kier alpha value is -1.94. The van der Waals surface area contributed by atoms with E-state index in [0.29, 0.717) is 31.6 Å². The Labute approximate surface area is 562 Å². The highest BCUT2D eigenvalue weighted by atomic mass is 31.2. The molecule has 0 radical (unpaired) electrons. The fourth-order valence-corrected chi connectivity index (χ4v) is 12.6. The zero-order valence-corrected chi connectivity index (χ0v) is 62.0. The van der Waals surface area contributed by atoms with Crippen LogP contribution >= 0.6 is 15.6 Å². The van der Waals surface area contributed by atoms with Crippen molar-refractivity contribution < 1.29 is 80.2 Å². The number of esters is 4. The summed E-state index contributed by atoms with van der Waals surface area (Å²) in [7, 11) is -9.91. The molecule has 0 aromatic carbocycles. The Bertz CT molecular complexity index is 1820. The molecule has 0 amide bonds. The van der Waals surface area contributed by atoms with Gasteiger partial charge in [0.05, 0.1) is 26.4 Å². The van der Waals surface area contributed by atoms with Gasteiger partial charge in [-0.3, -0.25) is 37.3 Å². The summed E-state index contributed by atoms with van der Waals surface area (Å²) < 4.78 is 68.4. The van der Waals surface area contributed by atoms with E-state index in [-0.39, 0.29) is 25.7 Å². The maximum absolute atomic E-state index is 13.1. The molecule has 0 saturated heterocycles. The second-order valence-corrected chi connectivity index (χ2v) is 31.1. The molecule has 0 aromatic rings. The van der Waals surface area contributed by atoms with Crippen molar-refractivity contribution in [3.05, 3.63) is 0 Å². The normalized spacial score (nSPS) is 14.2. The molecule has 0 aliphatic carbocycles. The van der Waals surface area contributed by atoms with Crippen molar-refractivity contribution in [2.75, 3.05) is 39.6 Å². The molecule has 0 aromatic heterocycles. The van der Waals surface area contributed by atoms with Crippen molar-refractivity contribution in [2.45, 2.75) is 382 Å². The predicted octanol–water partition coefficient (Wildman–Crippen LogP) is 20.9. The minimum atomic E-state index is -4.96. The molecular weight excluding hydrogens is 1210 g/mol. The molecule has 92 heavy (non-hydrogen) atoms. The molecule has 5 atom stereocenters. The van der Waals surface area contributed by atoms with E-state index >= 15 is 0 Å². The largest absolute Gasteiger partial charge is 0.472 e. The number of rotatable bonds is 70. The van der Waals surface area contributed by atoms with E-state index < -0.39 is 97.5 Å². The summed E-state index contributed by atoms with van der Waals surface area (Å²) in [5, 5.41) is 10.6. The zero-order chi connectivity index (χ0) is 68.2. The maximum Gasteiger partial charge on any atom is 0.472 e. The zero-order valence-electron chi connectivity index (χ0n) is 60.2. The summed E-state index contributed by atoms with van der Waals surface area (Å²) in [6.45, 7) is 14.1. The molecule has 0 heterocycles. The number of carbonyl (C=O) groups excluding carboxylic acids is 4. The Balaban J connectivity index is 5.26. The molecule has 0 saturated carbocycles. The molecule has 3 N–H and O–H groups in total. The smallest absolute Gasteiger partial charge is 0.462 e. The number of phosphoric ester groups is 2. The van der Waals surface area contributed by atoms with E-state index in [4.69, 9.17) is 37.0 Å². The van der Waals surface area contributed by atoms with Crippen LogP contribution in [0.3, 0.4) is 0 Å². The molecule has 546 valence electrons. The summed E-state index contributed by atoms with van der Waals surface area (Å²) in [5.74, 6) is 0.877. The monoisotopic (exact) mass is 1350 g/mol. The minimum Gasteiger partial charge on any atom is -0.462 e. The van der Waals surface area contributed by atoms with Crippen molar-refractivity contribution >= 4 is 39.5 Å². The van der Waals surface area contributed by atoms with Gasteiger partial charge in [0, 0.05) is 25.7 Å². The first-order valence-corrected chi connectivity index (χ1v) is 40.7. The Morgan fingerprint density at radius 3 is 0.674 bits per heavy atom. The first kappa shape index (κ1) is 90.1. The lowest BCUT2D eigenvalue weighted by Crippen LogP contribution is -2.30. The van der Waals surface area contributed by atoms with E-state index in [1.807, 2.05) is 0 Å². The summed E-state index contributed by atoms with van der Waals surface area (Å²) >= 11 is 0. The van der Waals surface area contributed by atoms with Crippen LogP contribution in [0.4, 0.5) is 0 Å². The first-order valence-electron chi connectivity index (χ1n) is 37.7. The molecule has 17 nitrogen and oxygen atoms in total. The molecule has 0 spiro atoms. The standard InChI is InChI=1S/C73H142O17P2/c1-63(2)49-41-33-25-18-12-10-9-11-13-22-30-39-47-55-72(77)89-68(59-83-70(75)53-45-37-29-21-16-14-19-26-34-42-50-64(3)4)61-87-91(79,80)85-57-67(74)58-86-92(81,82)88-62-69(60-84-71(76)54-46-38-32-24-28-36-44-52-66(7)8)90-73(78)56-48-40-31-23-17-15-20-27-35-43-51-65(5)6/h63-69,74H,9-62H2,1-8H3,(H,79,80)(H,81,82)/t67?,68-,69-/m1/s1. The molecule has 0 aliphatic rings. The third-order valence-electron chi connectivity index (χ3n) is 16.8. The van der Waals surface area contributed by atoms with Gasteiger partial charge in [-0.15, -0.1) is 0 Å². The van der Waals surface area contributed by atoms with Gasteiger partial charge < -0.3 is 33.8 Å². The third-order valence-corrected chi connectivity index (χ3v) is 18.7. The van der Waals surface area contributed by atoms with Gasteiger partial charge in [-0.2, -0.15) is 0 Å². The average Bonchev–Trinajstić information content (AvgIpc) is 1.42. The van der Waals surface area contributed by atoms with Crippen LogP contribution in [0, 0.1) is 23.7 Å². The SMILES string of the molecule is CC(C)CCCCCCCCCCCCCCCC(=O)O[C@H](COC(=O)CCCCCCCCCCCCC(C)C)COP(=O)(O)OCC(O)COP(=O)(O)OC[C@@H](COC(=O)CCCCCCCCCC(C)C)OC(=O)CCCCCCCCCCCCC(C)C. The maximum atomic E-state index is 13.1. The van der Waals surface area contributed by atoms with Crippen molar-refractivity contribution in [3.63, 3.8) is 0 Å². The number of hydrogen-bond acceptors (Lipinski definition) is 15. The summed E-state index contributed by atoms with van der Waals surface area (Å²) in [4.78, 5) is 72.7. The topological polar surface area (TPSA) is 237 Å². The van der Waals surface area contributed by atoms with Crippen LogP contribution in [0.15, 0.2) is 0 Å². The third kappa shape index (κ3) is 66.7. The Kier molecular flexibility index (Phi) is 61.3. The van der Waals surface area contributed by atoms with E-state index in [9.17, 15) is 43.2 Å². The van der Waals surface area contributed by atoms with Crippen molar-refractivity contribution in [3.8, 4) is 0 Å². The Morgan fingerprint density at radius 2 is 0.457 bits per heavy atom. The fraction of sp³-hybridized carbons (Fsp3) is 0.945. The molecule has 0 rings (SSSR count). The van der Waals surface area contributed by atoms with Crippen LogP contribution in [0.1, 0.15) is 364 Å². The van der Waals surface area contributed by atoms with Gasteiger partial charge in [-0.05, 0) is 49.4 Å². The van der Waals surface area contributed by atoms with Gasteiger partial charge in [0.15, 0.2) is 12.2 Å². The number of unbranched alkanes of at least 4 members (excludes halogenated alkanes) is 36. The molecule has 0 aliphatic heterocycles. The highest BCUT2D eigenvalue weighted by Gasteiger charge is 2.30. The number of ether oxygens (including phenoxy) is 4. The lowest BCUT2D eigenvalue weighted by Gasteiger charge is -2.21. The van der Waals surface area contributed by atoms with Gasteiger partial charge >= 0.3 is 39.5 Å². The van der Waals surface area contributed by atoms with Crippen LogP contribution in [-0.4, -0.2) is 96.7 Å². The van der Waals surface area contributed by atoms with Gasteiger partial charge in [0.2, 0.25) is 0 Å². The van der Waals surface area contributed by atoms with Gasteiger partial charge in [0.25, 0.3) is 0 Å². The highest BCUT2D eigenvalue weighted by Crippen LogP contribution is 2.45. The van der Waals surface area contributed by atoms with E-state index in [0.717, 1.165) is 114 Å². The number of carbonyl (C=O) groups is 4. The van der Waals surface area contributed by atoms with E-state index in [2.05, 4.69) is 55.4 Å². The molecule has 0 fully saturated rings. The first-order chi connectivity index (χ1) is 44.1. The molecular formula is C73H142O17P2. The Morgan fingerprint density at radius 1 is 0.272 bits per heavy atom. The minimum absolute atomic E-state index is 0.105. The van der Waals surface area contributed by atoms with E-state index in [1.165, 1.54) is 161 Å². The summed E-state index contributed by atoms with van der Waals surface area (Å²) in [6.07, 6.45) is 45.8. The summed E-state index contributed by atoms with van der Waals surface area (Å²) in [5.41, 5.74) is 0. The van der Waals surface area contributed by atoms with Crippen LogP contribution < -0.4 is 0 Å². The van der Waals surface area contributed by atoms with Gasteiger partial charge in [-0.25, -0.2) is 9.13 Å². The number of aliphatic hydroxyl groups is 1. The van der Waals surface area contributed by atoms with Crippen molar-refractivity contribution in [1.29, 1.82) is 0 Å². The van der Waals surface area contributed by atoms with Crippen LogP contribution in [0.2, 0.25) is 0 Å². The van der Waals surface area contributed by atoms with Crippen LogP contribution in [0.25, 0.3) is 0 Å². The highest BCUT2D eigenvalue weighted by molar-refractivity contribution is 7.47. The number of phosphoric acid groups is 2. The second kappa shape index (κ2) is 62.6. The van der Waals surface area contributed by atoms with Gasteiger partial charge in [0.1, 0.15) is 19.3 Å². The molecule has 19 heteroatoms. The quantitative estimate of drug-likeness (QED) is 0.0222. The van der Waals surface area contributed by atoms with Gasteiger partial charge in [-0.1, -0.05) is 312 Å². The number of aliphatic hydroxyl groups excluding tert-OH is 1. The number of hydrogen-bond donors (Lipinski definition) is 3. The van der Waals surface area contributed by atoms with Crippen molar-refractivity contribution in [2.24, 2.45) is 23.7 Å². The average molecular weight is 1350 g/mol. The lowest BCUT2D eigenvalue weighted by molar-refractivity contribution is -0.161. The fourth-order valence-electron chi connectivity index (χ4n) is 11.0. The van der Waals surface area contributed by atoms with Crippen molar-refractivity contribution in [1.82, 2.24) is 0 Å². The lowest BCUT2D eigenvalue weighted by atomic mass is 10.0. The van der Waals surface area contributed by atoms with Crippen LogP contribution in [-0.2, 0) is 65.4 Å². The second-order valence-electron chi connectivity index (χ2n) is 28.2. The predicted molar refractivity (Wildman–Crippen MR) is 372 cm³/mol.